The largest absolute Gasteiger partial charge is 0.342 e. The molecule has 0 saturated heterocycles. The van der Waals surface area contributed by atoms with Crippen LogP contribution in [0.15, 0.2) is 29.2 Å². The number of benzene rings is 1. The van der Waals surface area contributed by atoms with Gasteiger partial charge in [0.25, 0.3) is 0 Å². The highest BCUT2D eigenvalue weighted by Crippen LogP contribution is 2.28. The highest BCUT2D eigenvalue weighted by Gasteiger charge is 2.26. The second kappa shape index (κ2) is 6.47. The van der Waals surface area contributed by atoms with Crippen LogP contribution in [0.4, 0.5) is 0 Å². The summed E-state index contributed by atoms with van der Waals surface area (Å²) in [6.07, 6.45) is 4.87. The Kier molecular flexibility index (Phi) is 4.92. The van der Waals surface area contributed by atoms with Crippen LogP contribution >= 0.6 is 11.8 Å². The van der Waals surface area contributed by atoms with E-state index < -0.39 is 0 Å². The van der Waals surface area contributed by atoms with E-state index in [1.807, 2.05) is 18.9 Å². The van der Waals surface area contributed by atoms with Gasteiger partial charge in [0.1, 0.15) is 0 Å². The number of nitrogens with zero attached hydrogens (tertiary/aromatic N) is 1. The quantitative estimate of drug-likeness (QED) is 0.779. The molecule has 1 aromatic rings. The molecule has 1 unspecified atom stereocenters. The fourth-order valence-corrected chi connectivity index (χ4v) is 3.60. The second-order valence-electron chi connectivity index (χ2n) is 5.46. The maximum Gasteiger partial charge on any atom is 0.235 e. The van der Waals surface area contributed by atoms with Crippen LogP contribution in [0.25, 0.3) is 0 Å². The first kappa shape index (κ1) is 14.4. The lowest BCUT2D eigenvalue weighted by Gasteiger charge is -2.27. The van der Waals surface area contributed by atoms with Gasteiger partial charge in [-0.1, -0.05) is 30.5 Å². The van der Waals surface area contributed by atoms with Gasteiger partial charge in [0, 0.05) is 18.0 Å². The van der Waals surface area contributed by atoms with Crippen molar-refractivity contribution in [3.63, 3.8) is 0 Å². The molecule has 0 aromatic heterocycles. The van der Waals surface area contributed by atoms with Crippen LogP contribution in [0.2, 0.25) is 0 Å². The lowest BCUT2D eigenvalue weighted by atomic mass is 10.2. The average Bonchev–Trinajstić information content (AvgIpc) is 2.93. The predicted molar refractivity (Wildman–Crippen MR) is 81.5 cm³/mol. The summed E-state index contributed by atoms with van der Waals surface area (Å²) in [6.45, 7) is 4.09. The number of rotatable bonds is 4. The zero-order valence-corrected chi connectivity index (χ0v) is 12.9. The molecular weight excluding hydrogens is 254 g/mol. The summed E-state index contributed by atoms with van der Waals surface area (Å²) in [5, 5.41) is -0.00620. The van der Waals surface area contributed by atoms with Crippen molar-refractivity contribution in [2.45, 2.75) is 55.7 Å². The van der Waals surface area contributed by atoms with Gasteiger partial charge in [-0.15, -0.1) is 11.8 Å². The third kappa shape index (κ3) is 3.75. The molecule has 0 aliphatic heterocycles. The number of aryl methyl sites for hydroxylation is 1. The Morgan fingerprint density at radius 1 is 1.26 bits per heavy atom. The van der Waals surface area contributed by atoms with E-state index in [1.165, 1.54) is 36.1 Å². The fourth-order valence-electron chi connectivity index (χ4n) is 2.63. The predicted octanol–water partition coefficient (Wildman–Crippen LogP) is 3.88. The summed E-state index contributed by atoms with van der Waals surface area (Å²) in [6, 6.07) is 8.85. The summed E-state index contributed by atoms with van der Waals surface area (Å²) in [7, 11) is 1.96. The molecule has 1 saturated carbocycles. The molecule has 1 aliphatic rings. The minimum Gasteiger partial charge on any atom is -0.342 e. The first-order valence-corrected chi connectivity index (χ1v) is 7.96. The van der Waals surface area contributed by atoms with E-state index in [0.717, 1.165) is 0 Å². The van der Waals surface area contributed by atoms with E-state index >= 15 is 0 Å². The Balaban J connectivity index is 1.93. The van der Waals surface area contributed by atoms with Gasteiger partial charge in [0.05, 0.1) is 5.25 Å². The standard InChI is InChI=1S/C16H23NOS/c1-12-8-10-15(11-9-12)19-13(2)16(18)17(3)14-6-4-5-7-14/h8-11,13-14H,4-7H2,1-3H3. The molecule has 1 fully saturated rings. The summed E-state index contributed by atoms with van der Waals surface area (Å²) in [5.41, 5.74) is 1.26. The zero-order chi connectivity index (χ0) is 13.8. The first-order valence-electron chi connectivity index (χ1n) is 7.08. The van der Waals surface area contributed by atoms with E-state index in [-0.39, 0.29) is 11.2 Å². The summed E-state index contributed by atoms with van der Waals surface area (Å²) < 4.78 is 0. The van der Waals surface area contributed by atoms with Crippen LogP contribution in [0.1, 0.15) is 38.2 Å². The van der Waals surface area contributed by atoms with Crippen molar-refractivity contribution in [1.82, 2.24) is 4.90 Å². The molecule has 0 heterocycles. The summed E-state index contributed by atoms with van der Waals surface area (Å²) in [4.78, 5) is 15.5. The Bertz CT molecular complexity index is 423. The van der Waals surface area contributed by atoms with E-state index in [2.05, 4.69) is 31.2 Å². The Morgan fingerprint density at radius 3 is 2.42 bits per heavy atom. The highest BCUT2D eigenvalue weighted by molar-refractivity contribution is 8.00. The Morgan fingerprint density at radius 2 is 1.84 bits per heavy atom. The molecule has 19 heavy (non-hydrogen) atoms. The molecule has 0 N–H and O–H groups in total. The molecule has 0 bridgehead atoms. The van der Waals surface area contributed by atoms with Crippen molar-refractivity contribution in [2.24, 2.45) is 0 Å². The monoisotopic (exact) mass is 277 g/mol. The van der Waals surface area contributed by atoms with Crippen molar-refractivity contribution < 1.29 is 4.79 Å². The van der Waals surface area contributed by atoms with Crippen LogP contribution in [-0.2, 0) is 4.79 Å². The third-order valence-corrected chi connectivity index (χ3v) is 5.00. The SMILES string of the molecule is Cc1ccc(SC(C)C(=O)N(C)C2CCCC2)cc1. The Hall–Kier alpha value is -0.960. The van der Waals surface area contributed by atoms with Crippen LogP contribution < -0.4 is 0 Å². The maximum atomic E-state index is 12.4. The summed E-state index contributed by atoms with van der Waals surface area (Å²) >= 11 is 1.66. The smallest absolute Gasteiger partial charge is 0.235 e. The topological polar surface area (TPSA) is 20.3 Å². The molecule has 2 rings (SSSR count). The molecule has 0 spiro atoms. The number of thioether (sulfide) groups is 1. The summed E-state index contributed by atoms with van der Waals surface area (Å²) in [5.74, 6) is 0.262. The van der Waals surface area contributed by atoms with Gasteiger partial charge in [-0.2, -0.15) is 0 Å². The first-order chi connectivity index (χ1) is 9.08. The third-order valence-electron chi connectivity index (χ3n) is 3.90. The van der Waals surface area contributed by atoms with Crippen LogP contribution in [0, 0.1) is 6.92 Å². The molecule has 104 valence electrons. The zero-order valence-electron chi connectivity index (χ0n) is 12.1. The van der Waals surface area contributed by atoms with Crippen molar-refractivity contribution >= 4 is 17.7 Å². The minimum absolute atomic E-state index is 0.00620. The lowest BCUT2D eigenvalue weighted by Crippen LogP contribution is -2.39. The molecule has 1 atom stereocenters. The number of hydrogen-bond donors (Lipinski definition) is 0. The van der Waals surface area contributed by atoms with Crippen LogP contribution in [0.3, 0.4) is 0 Å². The molecule has 1 aromatic carbocycles. The highest BCUT2D eigenvalue weighted by atomic mass is 32.2. The number of carbonyl (C=O) groups is 1. The normalized spacial score (nSPS) is 17.4. The van der Waals surface area contributed by atoms with Gasteiger partial charge in [0.15, 0.2) is 0 Å². The van der Waals surface area contributed by atoms with Crippen molar-refractivity contribution in [3.05, 3.63) is 29.8 Å². The van der Waals surface area contributed by atoms with Crippen LogP contribution in [-0.4, -0.2) is 29.1 Å². The number of hydrogen-bond acceptors (Lipinski definition) is 2. The van der Waals surface area contributed by atoms with Gasteiger partial charge < -0.3 is 4.90 Å². The lowest BCUT2D eigenvalue weighted by molar-refractivity contribution is -0.130. The average molecular weight is 277 g/mol. The molecule has 0 radical (unpaired) electrons. The van der Waals surface area contributed by atoms with Gasteiger partial charge in [-0.25, -0.2) is 0 Å². The number of amides is 1. The molecule has 2 nitrogen and oxygen atoms in total. The molecule has 3 heteroatoms. The van der Waals surface area contributed by atoms with E-state index in [1.54, 1.807) is 11.8 Å². The molecule has 1 amide bonds. The van der Waals surface area contributed by atoms with Gasteiger partial charge in [-0.05, 0) is 38.8 Å². The van der Waals surface area contributed by atoms with Crippen molar-refractivity contribution in [2.75, 3.05) is 7.05 Å². The van der Waals surface area contributed by atoms with Crippen LogP contribution in [0.5, 0.6) is 0 Å². The maximum absolute atomic E-state index is 12.4. The van der Waals surface area contributed by atoms with E-state index in [0.29, 0.717) is 6.04 Å². The van der Waals surface area contributed by atoms with Crippen molar-refractivity contribution in [1.29, 1.82) is 0 Å². The fraction of sp³-hybridized carbons (Fsp3) is 0.562. The van der Waals surface area contributed by atoms with E-state index in [9.17, 15) is 4.79 Å². The Labute approximate surface area is 120 Å². The minimum atomic E-state index is -0.00620. The van der Waals surface area contributed by atoms with Gasteiger partial charge in [-0.3, -0.25) is 4.79 Å². The number of carbonyl (C=O) groups excluding carboxylic acids is 1. The van der Waals surface area contributed by atoms with Gasteiger partial charge >= 0.3 is 0 Å². The van der Waals surface area contributed by atoms with E-state index in [4.69, 9.17) is 0 Å². The second-order valence-corrected chi connectivity index (χ2v) is 6.87. The molecular formula is C16H23NOS. The van der Waals surface area contributed by atoms with Gasteiger partial charge in [0.2, 0.25) is 5.91 Å². The molecule has 1 aliphatic carbocycles. The van der Waals surface area contributed by atoms with Crippen molar-refractivity contribution in [3.8, 4) is 0 Å².